The number of unbranched alkanes of at least 4 members (excludes halogenated alkanes) is 1. The minimum Gasteiger partial charge on any atom is -0.450 e. The SMILES string of the molecule is CCCCOC(=O)NC(C)(C)c1ccc2c(I)cnn2c1. The number of amides is 1. The molecule has 1 N–H and O–H groups in total. The van der Waals surface area contributed by atoms with E-state index in [9.17, 15) is 4.79 Å². The molecule has 2 rings (SSSR count). The standard InChI is InChI=1S/C15H20IN3O2/c1-4-5-8-21-14(20)18-15(2,3)11-6-7-13-12(16)9-17-19(13)10-11/h6-7,9-10H,4-5,8H2,1-3H3,(H,18,20). The molecule has 0 atom stereocenters. The first-order valence-electron chi connectivity index (χ1n) is 7.02. The first-order valence-corrected chi connectivity index (χ1v) is 8.10. The first-order chi connectivity index (χ1) is 9.94. The lowest BCUT2D eigenvalue weighted by Crippen LogP contribution is -2.41. The summed E-state index contributed by atoms with van der Waals surface area (Å²) in [5.41, 5.74) is 1.51. The van der Waals surface area contributed by atoms with Gasteiger partial charge in [-0.3, -0.25) is 0 Å². The maximum atomic E-state index is 11.8. The van der Waals surface area contributed by atoms with Gasteiger partial charge in [0.2, 0.25) is 0 Å². The normalized spacial score (nSPS) is 11.6. The molecule has 0 fully saturated rings. The topological polar surface area (TPSA) is 55.6 Å². The number of rotatable bonds is 5. The van der Waals surface area contributed by atoms with E-state index >= 15 is 0 Å². The van der Waals surface area contributed by atoms with Gasteiger partial charge in [-0.1, -0.05) is 19.4 Å². The third kappa shape index (κ3) is 3.87. The summed E-state index contributed by atoms with van der Waals surface area (Å²) in [5, 5.41) is 7.20. The average Bonchev–Trinajstić information content (AvgIpc) is 2.80. The van der Waals surface area contributed by atoms with Crippen molar-refractivity contribution in [1.82, 2.24) is 14.9 Å². The Morgan fingerprint density at radius 3 is 2.95 bits per heavy atom. The molecule has 0 saturated heterocycles. The van der Waals surface area contributed by atoms with Crippen molar-refractivity contribution in [3.8, 4) is 0 Å². The maximum Gasteiger partial charge on any atom is 0.407 e. The Morgan fingerprint density at radius 2 is 2.24 bits per heavy atom. The number of alkyl carbamates (subject to hydrolysis) is 1. The minimum atomic E-state index is -0.519. The Labute approximate surface area is 138 Å². The van der Waals surface area contributed by atoms with Crippen LogP contribution in [0.1, 0.15) is 39.2 Å². The number of carbonyl (C=O) groups excluding carboxylic acids is 1. The van der Waals surface area contributed by atoms with Crippen molar-refractivity contribution in [2.75, 3.05) is 6.61 Å². The van der Waals surface area contributed by atoms with Crippen molar-refractivity contribution in [3.63, 3.8) is 0 Å². The number of aromatic nitrogens is 2. The number of halogens is 1. The van der Waals surface area contributed by atoms with Gasteiger partial charge in [0, 0.05) is 6.20 Å². The van der Waals surface area contributed by atoms with Gasteiger partial charge in [0.15, 0.2) is 0 Å². The van der Waals surface area contributed by atoms with Gasteiger partial charge in [0.1, 0.15) is 0 Å². The van der Waals surface area contributed by atoms with Crippen molar-refractivity contribution < 1.29 is 9.53 Å². The molecule has 0 saturated carbocycles. The third-order valence-corrected chi connectivity index (χ3v) is 4.17. The number of carbonyl (C=O) groups is 1. The molecule has 2 heterocycles. The highest BCUT2D eigenvalue weighted by Crippen LogP contribution is 2.22. The van der Waals surface area contributed by atoms with E-state index in [1.54, 1.807) is 0 Å². The number of hydrogen-bond acceptors (Lipinski definition) is 3. The third-order valence-electron chi connectivity index (χ3n) is 3.34. The van der Waals surface area contributed by atoms with Gasteiger partial charge in [0.05, 0.1) is 27.4 Å². The molecule has 0 unspecified atom stereocenters. The smallest absolute Gasteiger partial charge is 0.407 e. The van der Waals surface area contributed by atoms with Crippen molar-refractivity contribution in [2.24, 2.45) is 0 Å². The molecular weight excluding hydrogens is 381 g/mol. The van der Waals surface area contributed by atoms with Gasteiger partial charge in [-0.2, -0.15) is 5.10 Å². The van der Waals surface area contributed by atoms with Crippen LogP contribution in [0.4, 0.5) is 4.79 Å². The van der Waals surface area contributed by atoms with Crippen molar-refractivity contribution >= 4 is 34.2 Å². The Morgan fingerprint density at radius 1 is 1.48 bits per heavy atom. The zero-order valence-electron chi connectivity index (χ0n) is 12.5. The second-order valence-electron chi connectivity index (χ2n) is 5.48. The predicted molar refractivity (Wildman–Crippen MR) is 90.3 cm³/mol. The molecule has 0 aliphatic carbocycles. The minimum absolute atomic E-state index is 0.386. The number of nitrogens with one attached hydrogen (secondary N) is 1. The van der Waals surface area contributed by atoms with Crippen LogP contribution in [0.2, 0.25) is 0 Å². The summed E-state index contributed by atoms with van der Waals surface area (Å²) >= 11 is 2.25. The van der Waals surface area contributed by atoms with Crippen LogP contribution in [-0.4, -0.2) is 22.3 Å². The summed E-state index contributed by atoms with van der Waals surface area (Å²) in [5.74, 6) is 0. The number of ether oxygens (including phenoxy) is 1. The van der Waals surface area contributed by atoms with E-state index in [4.69, 9.17) is 4.74 Å². The van der Waals surface area contributed by atoms with E-state index in [2.05, 4.69) is 39.9 Å². The summed E-state index contributed by atoms with van der Waals surface area (Å²) in [4.78, 5) is 11.8. The van der Waals surface area contributed by atoms with Crippen LogP contribution in [0.15, 0.2) is 24.5 Å². The van der Waals surface area contributed by atoms with Crippen LogP contribution in [0.5, 0.6) is 0 Å². The quantitative estimate of drug-likeness (QED) is 0.614. The van der Waals surface area contributed by atoms with E-state index in [1.165, 1.54) is 0 Å². The van der Waals surface area contributed by atoms with E-state index in [-0.39, 0.29) is 6.09 Å². The zero-order valence-corrected chi connectivity index (χ0v) is 14.7. The van der Waals surface area contributed by atoms with Gasteiger partial charge in [-0.15, -0.1) is 0 Å². The molecule has 2 aromatic heterocycles. The number of hydrogen-bond donors (Lipinski definition) is 1. The maximum absolute atomic E-state index is 11.8. The molecule has 0 bridgehead atoms. The highest BCUT2D eigenvalue weighted by molar-refractivity contribution is 14.1. The second kappa shape index (κ2) is 6.64. The van der Waals surface area contributed by atoms with Crippen LogP contribution >= 0.6 is 22.6 Å². The lowest BCUT2D eigenvalue weighted by atomic mass is 9.96. The Bertz CT molecular complexity index is 637. The van der Waals surface area contributed by atoms with Crippen molar-refractivity contribution in [2.45, 2.75) is 39.2 Å². The fourth-order valence-corrected chi connectivity index (χ4v) is 2.55. The van der Waals surface area contributed by atoms with E-state index in [0.717, 1.165) is 27.5 Å². The summed E-state index contributed by atoms with van der Waals surface area (Å²) in [6, 6.07) is 4.02. The molecule has 0 aliphatic rings. The number of nitrogens with zero attached hydrogens (tertiary/aromatic N) is 2. The van der Waals surface area contributed by atoms with Gasteiger partial charge in [-0.05, 0) is 54.5 Å². The van der Waals surface area contributed by atoms with Gasteiger partial charge in [0.25, 0.3) is 0 Å². The fraction of sp³-hybridized carbons (Fsp3) is 0.467. The van der Waals surface area contributed by atoms with Gasteiger partial charge >= 0.3 is 6.09 Å². The largest absolute Gasteiger partial charge is 0.450 e. The average molecular weight is 401 g/mol. The molecule has 21 heavy (non-hydrogen) atoms. The monoisotopic (exact) mass is 401 g/mol. The van der Waals surface area contributed by atoms with Crippen LogP contribution in [0.3, 0.4) is 0 Å². The summed E-state index contributed by atoms with van der Waals surface area (Å²) < 4.78 is 8.08. The fourth-order valence-electron chi connectivity index (χ4n) is 2.00. The van der Waals surface area contributed by atoms with Crippen LogP contribution in [0.25, 0.3) is 5.52 Å². The van der Waals surface area contributed by atoms with E-state index < -0.39 is 5.54 Å². The summed E-state index contributed by atoms with van der Waals surface area (Å²) in [7, 11) is 0. The van der Waals surface area contributed by atoms with E-state index in [1.807, 2.05) is 42.9 Å². The van der Waals surface area contributed by atoms with Crippen LogP contribution in [0, 0.1) is 3.57 Å². The van der Waals surface area contributed by atoms with Crippen LogP contribution in [-0.2, 0) is 10.3 Å². The number of fused-ring (bicyclic) bond motifs is 1. The van der Waals surface area contributed by atoms with E-state index in [0.29, 0.717) is 6.61 Å². The Hall–Kier alpha value is -1.31. The molecule has 0 aliphatic heterocycles. The highest BCUT2D eigenvalue weighted by atomic mass is 127. The van der Waals surface area contributed by atoms with Crippen LogP contribution < -0.4 is 5.32 Å². The molecule has 0 spiro atoms. The molecule has 1 amide bonds. The molecule has 0 aromatic carbocycles. The van der Waals surface area contributed by atoms with Crippen molar-refractivity contribution in [3.05, 3.63) is 33.7 Å². The summed E-state index contributed by atoms with van der Waals surface area (Å²) in [6.07, 6.45) is 5.25. The van der Waals surface area contributed by atoms with Gasteiger partial charge < -0.3 is 10.1 Å². The molecule has 0 radical (unpaired) electrons. The molecule has 5 nitrogen and oxygen atoms in total. The lowest BCUT2D eigenvalue weighted by Gasteiger charge is -2.26. The molecular formula is C15H20IN3O2. The highest BCUT2D eigenvalue weighted by Gasteiger charge is 2.24. The molecule has 2 aromatic rings. The predicted octanol–water partition coefficient (Wildman–Crippen LogP) is 3.70. The zero-order chi connectivity index (χ0) is 15.5. The van der Waals surface area contributed by atoms with Crippen molar-refractivity contribution in [1.29, 1.82) is 0 Å². The lowest BCUT2D eigenvalue weighted by molar-refractivity contribution is 0.134. The second-order valence-corrected chi connectivity index (χ2v) is 6.64. The number of pyridine rings is 1. The summed E-state index contributed by atoms with van der Waals surface area (Å²) in [6.45, 7) is 6.41. The first kappa shape index (κ1) is 16.1. The molecule has 114 valence electrons. The molecule has 6 heteroatoms. The Balaban J connectivity index is 2.11. The Kier molecular flexibility index (Phi) is 5.08. The van der Waals surface area contributed by atoms with Gasteiger partial charge in [-0.25, -0.2) is 9.31 Å².